The summed E-state index contributed by atoms with van der Waals surface area (Å²) in [6.07, 6.45) is 0. The van der Waals surface area contributed by atoms with Crippen LogP contribution in [0.4, 0.5) is 11.4 Å². The normalized spacial score (nSPS) is 13.7. The highest BCUT2D eigenvalue weighted by molar-refractivity contribution is 6.50. The molecule has 3 aromatic carbocycles. The van der Waals surface area contributed by atoms with E-state index < -0.39 is 11.8 Å². The lowest BCUT2D eigenvalue weighted by atomic mass is 10.0. The Hall–Kier alpha value is -3.28. The number of amides is 2. The lowest BCUT2D eigenvalue weighted by molar-refractivity contribution is -0.120. The van der Waals surface area contributed by atoms with Gasteiger partial charge in [0.1, 0.15) is 11.4 Å². The molecule has 31 heavy (non-hydrogen) atoms. The van der Waals surface area contributed by atoms with Gasteiger partial charge >= 0.3 is 0 Å². The van der Waals surface area contributed by atoms with Crippen LogP contribution in [0.5, 0.6) is 5.75 Å². The van der Waals surface area contributed by atoms with Crippen LogP contribution in [0.25, 0.3) is 5.57 Å². The van der Waals surface area contributed by atoms with Crippen LogP contribution in [0, 0.1) is 0 Å². The van der Waals surface area contributed by atoms with E-state index in [-0.39, 0.29) is 27.0 Å². The molecule has 2 amide bonds. The van der Waals surface area contributed by atoms with Crippen molar-refractivity contribution in [3.05, 3.63) is 94.1 Å². The molecule has 3 aromatic rings. The summed E-state index contributed by atoms with van der Waals surface area (Å²) >= 11 is 12.5. The number of rotatable bonds is 5. The summed E-state index contributed by atoms with van der Waals surface area (Å²) in [6, 6.07) is 21.3. The Labute approximate surface area is 190 Å². The minimum absolute atomic E-state index is 0.133. The van der Waals surface area contributed by atoms with E-state index in [0.717, 1.165) is 10.6 Å². The smallest absolute Gasteiger partial charge is 0.282 e. The third-order valence-electron chi connectivity index (χ3n) is 5.09. The average molecular weight is 453 g/mol. The maximum absolute atomic E-state index is 13.7. The van der Waals surface area contributed by atoms with E-state index >= 15 is 0 Å². The van der Waals surface area contributed by atoms with Crippen LogP contribution < -0.4 is 14.5 Å². The van der Waals surface area contributed by atoms with E-state index in [1.54, 1.807) is 54.4 Å². The zero-order valence-electron chi connectivity index (χ0n) is 16.8. The van der Waals surface area contributed by atoms with Crippen molar-refractivity contribution in [1.29, 1.82) is 0 Å². The van der Waals surface area contributed by atoms with E-state index in [1.165, 1.54) is 7.11 Å². The summed E-state index contributed by atoms with van der Waals surface area (Å²) < 4.78 is 5.48. The number of methoxy groups -OCH3 is 1. The molecule has 0 bridgehead atoms. The number of halogens is 2. The number of benzene rings is 3. The fourth-order valence-electron chi connectivity index (χ4n) is 3.59. The van der Waals surface area contributed by atoms with Crippen molar-refractivity contribution in [1.82, 2.24) is 0 Å². The lowest BCUT2D eigenvalue weighted by Crippen LogP contribution is -2.34. The first-order valence-corrected chi connectivity index (χ1v) is 10.2. The van der Waals surface area contributed by atoms with E-state index in [4.69, 9.17) is 27.9 Å². The second-order valence-electron chi connectivity index (χ2n) is 6.84. The van der Waals surface area contributed by atoms with Crippen LogP contribution in [0.1, 0.15) is 5.56 Å². The first-order chi connectivity index (χ1) is 15.0. The van der Waals surface area contributed by atoms with Gasteiger partial charge in [-0.15, -0.1) is 0 Å². The zero-order chi connectivity index (χ0) is 22.1. The molecule has 0 saturated carbocycles. The summed E-state index contributed by atoms with van der Waals surface area (Å²) in [6.45, 7) is 0. The second kappa shape index (κ2) is 8.46. The SMILES string of the molecule is COc1ccccc1C1=C(N(C)c2ccccc2)C(=O)N(c2cccc(Cl)c2Cl)C1=O. The number of hydrogen-bond donors (Lipinski definition) is 0. The van der Waals surface area contributed by atoms with Crippen molar-refractivity contribution in [3.8, 4) is 5.75 Å². The van der Waals surface area contributed by atoms with Gasteiger partial charge < -0.3 is 9.64 Å². The number of carbonyl (C=O) groups excluding carboxylic acids is 2. The number of likely N-dealkylation sites (N-methyl/N-ethyl adjacent to an activating group) is 1. The van der Waals surface area contributed by atoms with Crippen molar-refractivity contribution in [2.45, 2.75) is 0 Å². The summed E-state index contributed by atoms with van der Waals surface area (Å²) in [5.41, 5.74) is 1.95. The van der Waals surface area contributed by atoms with Crippen molar-refractivity contribution in [2.75, 3.05) is 24.0 Å². The molecule has 7 heteroatoms. The van der Waals surface area contributed by atoms with Crippen LogP contribution in [-0.2, 0) is 9.59 Å². The molecule has 0 N–H and O–H groups in total. The molecular formula is C24H18Cl2N2O3. The maximum Gasteiger partial charge on any atom is 0.282 e. The van der Waals surface area contributed by atoms with E-state index in [9.17, 15) is 9.59 Å². The predicted molar refractivity (Wildman–Crippen MR) is 124 cm³/mol. The number of imide groups is 1. The summed E-state index contributed by atoms with van der Waals surface area (Å²) in [5, 5.41) is 0.386. The van der Waals surface area contributed by atoms with E-state index in [0.29, 0.717) is 11.3 Å². The Morgan fingerprint density at radius 2 is 1.52 bits per heavy atom. The second-order valence-corrected chi connectivity index (χ2v) is 7.62. The van der Waals surface area contributed by atoms with Crippen LogP contribution in [0.3, 0.4) is 0 Å². The Bertz CT molecular complexity index is 1210. The van der Waals surface area contributed by atoms with Crippen LogP contribution in [-0.4, -0.2) is 26.0 Å². The highest BCUT2D eigenvalue weighted by Gasteiger charge is 2.43. The minimum Gasteiger partial charge on any atom is -0.496 e. The minimum atomic E-state index is -0.503. The number of carbonyl (C=O) groups is 2. The van der Waals surface area contributed by atoms with Crippen LogP contribution in [0.2, 0.25) is 10.0 Å². The van der Waals surface area contributed by atoms with Crippen molar-refractivity contribution in [3.63, 3.8) is 0 Å². The molecule has 0 saturated heterocycles. The maximum atomic E-state index is 13.7. The highest BCUT2D eigenvalue weighted by atomic mass is 35.5. The van der Waals surface area contributed by atoms with Gasteiger partial charge in [-0.05, 0) is 30.3 Å². The molecule has 5 nitrogen and oxygen atoms in total. The van der Waals surface area contributed by atoms with Gasteiger partial charge in [0.05, 0.1) is 28.4 Å². The number of anilines is 2. The van der Waals surface area contributed by atoms with Crippen LogP contribution >= 0.6 is 23.2 Å². The molecule has 1 aliphatic rings. The van der Waals surface area contributed by atoms with Gasteiger partial charge in [-0.2, -0.15) is 0 Å². The largest absolute Gasteiger partial charge is 0.496 e. The van der Waals surface area contributed by atoms with E-state index in [1.807, 2.05) is 30.3 Å². The van der Waals surface area contributed by atoms with Gasteiger partial charge in [0.25, 0.3) is 11.8 Å². The summed E-state index contributed by atoms with van der Waals surface area (Å²) in [4.78, 5) is 30.1. The van der Waals surface area contributed by atoms with Gasteiger partial charge in [-0.25, -0.2) is 4.90 Å². The standard InChI is InChI=1S/C24H18Cl2N2O3/c1-27(15-9-4-3-5-10-15)22-20(16-11-6-7-14-19(16)31-2)23(29)28(24(22)30)18-13-8-12-17(25)21(18)26/h3-14H,1-2H3. The first kappa shape index (κ1) is 21.0. The monoisotopic (exact) mass is 452 g/mol. The van der Waals surface area contributed by atoms with Gasteiger partial charge in [0.2, 0.25) is 0 Å². The predicted octanol–water partition coefficient (Wildman–Crippen LogP) is 5.42. The fraction of sp³-hybridized carbons (Fsp3) is 0.0833. The number of para-hydroxylation sites is 2. The fourth-order valence-corrected chi connectivity index (χ4v) is 3.97. The zero-order valence-corrected chi connectivity index (χ0v) is 18.3. The molecule has 0 atom stereocenters. The lowest BCUT2D eigenvalue weighted by Gasteiger charge is -2.22. The molecule has 0 radical (unpaired) electrons. The Morgan fingerprint density at radius 3 is 2.23 bits per heavy atom. The molecule has 0 spiro atoms. The number of hydrogen-bond acceptors (Lipinski definition) is 4. The molecule has 1 aliphatic heterocycles. The average Bonchev–Trinajstić information content (AvgIpc) is 3.05. The van der Waals surface area contributed by atoms with Gasteiger partial charge in [-0.1, -0.05) is 65.7 Å². The summed E-state index contributed by atoms with van der Waals surface area (Å²) in [5.74, 6) is -0.519. The number of nitrogens with zero attached hydrogens (tertiary/aromatic N) is 2. The van der Waals surface area contributed by atoms with Gasteiger partial charge in [-0.3, -0.25) is 9.59 Å². The topological polar surface area (TPSA) is 49.9 Å². The molecule has 0 unspecified atom stereocenters. The Morgan fingerprint density at radius 1 is 0.839 bits per heavy atom. The molecule has 4 rings (SSSR count). The molecule has 0 aliphatic carbocycles. The van der Waals surface area contributed by atoms with Gasteiger partial charge in [0.15, 0.2) is 0 Å². The molecule has 1 heterocycles. The van der Waals surface area contributed by atoms with E-state index in [2.05, 4.69) is 0 Å². The van der Waals surface area contributed by atoms with Crippen molar-refractivity contribution >= 4 is 52.0 Å². The Balaban J connectivity index is 1.95. The Kier molecular flexibility index (Phi) is 5.72. The van der Waals surface area contributed by atoms with Crippen molar-refractivity contribution < 1.29 is 14.3 Å². The number of ether oxygens (including phenoxy) is 1. The van der Waals surface area contributed by atoms with Crippen LogP contribution in [0.15, 0.2) is 78.5 Å². The quantitative estimate of drug-likeness (QED) is 0.484. The summed E-state index contributed by atoms with van der Waals surface area (Å²) in [7, 11) is 3.27. The molecule has 0 fully saturated rings. The van der Waals surface area contributed by atoms with Gasteiger partial charge in [0, 0.05) is 18.3 Å². The molecule has 156 valence electrons. The molecular weight excluding hydrogens is 435 g/mol. The third-order valence-corrected chi connectivity index (χ3v) is 5.90. The van der Waals surface area contributed by atoms with Crippen molar-refractivity contribution in [2.24, 2.45) is 0 Å². The molecule has 0 aromatic heterocycles. The third kappa shape index (κ3) is 3.56. The first-order valence-electron chi connectivity index (χ1n) is 9.45. The highest BCUT2D eigenvalue weighted by Crippen LogP contribution is 2.42.